The summed E-state index contributed by atoms with van der Waals surface area (Å²) in [6.07, 6.45) is 3.13. The number of methoxy groups -OCH3 is 1. The maximum Gasteiger partial charge on any atom is 0.266 e. The predicted octanol–water partition coefficient (Wildman–Crippen LogP) is 1.71. The Morgan fingerprint density at radius 2 is 2.07 bits per heavy atom. The number of hydrogen-bond donors (Lipinski definition) is 1. The minimum Gasteiger partial charge on any atom is -0.497 e. The van der Waals surface area contributed by atoms with E-state index < -0.39 is 27.8 Å². The number of thiocarbonyl (C=S) groups is 1. The maximum atomic E-state index is 12.8. The van der Waals surface area contributed by atoms with Crippen molar-refractivity contribution in [2.45, 2.75) is 19.0 Å². The van der Waals surface area contributed by atoms with Gasteiger partial charge in [-0.1, -0.05) is 36.1 Å². The summed E-state index contributed by atoms with van der Waals surface area (Å²) in [6, 6.07) is 5.74. The maximum absolute atomic E-state index is 12.8. The van der Waals surface area contributed by atoms with Gasteiger partial charge in [0, 0.05) is 5.41 Å². The van der Waals surface area contributed by atoms with Gasteiger partial charge in [0.1, 0.15) is 16.1 Å². The van der Waals surface area contributed by atoms with Crippen molar-refractivity contribution in [1.82, 2.24) is 10.2 Å². The summed E-state index contributed by atoms with van der Waals surface area (Å²) in [4.78, 5) is 26.9. The molecule has 1 aromatic carbocycles. The van der Waals surface area contributed by atoms with E-state index in [0.717, 1.165) is 22.7 Å². The highest BCUT2D eigenvalue weighted by atomic mass is 32.2. The molecule has 1 saturated heterocycles. The third-order valence-electron chi connectivity index (χ3n) is 4.26. The Bertz CT molecular complexity index is 983. The third kappa shape index (κ3) is 4.45. The number of thioether (sulfide) groups is 1. The van der Waals surface area contributed by atoms with Gasteiger partial charge in [0.05, 0.1) is 23.8 Å². The summed E-state index contributed by atoms with van der Waals surface area (Å²) >= 11 is 6.40. The standard InChI is InChI=1S/C18H18N2O5S3/c1-11(16(21)19-13-7-8-28(23,24)10-13)20-17(22)15(27-18(20)26)9-12-3-5-14(25-2)6-4-12/h3-9,11,13H,10H2,1-2H3,(H,19,21)/b15-9-/t11-,13+/m1/s1. The molecule has 28 heavy (non-hydrogen) atoms. The lowest BCUT2D eigenvalue weighted by atomic mass is 10.2. The van der Waals surface area contributed by atoms with Gasteiger partial charge in [-0.15, -0.1) is 0 Å². The van der Waals surface area contributed by atoms with E-state index in [1.807, 2.05) is 12.1 Å². The fourth-order valence-corrected chi connectivity index (χ4v) is 5.41. The van der Waals surface area contributed by atoms with Crippen LogP contribution in [0.3, 0.4) is 0 Å². The van der Waals surface area contributed by atoms with Crippen LogP contribution in [0.25, 0.3) is 6.08 Å². The Labute approximate surface area is 172 Å². The number of ether oxygens (including phenoxy) is 1. The summed E-state index contributed by atoms with van der Waals surface area (Å²) in [5, 5.41) is 3.71. The van der Waals surface area contributed by atoms with Gasteiger partial charge in [-0.25, -0.2) is 8.42 Å². The molecular formula is C18H18N2O5S3. The highest BCUT2D eigenvalue weighted by Crippen LogP contribution is 2.34. The van der Waals surface area contributed by atoms with E-state index in [0.29, 0.717) is 10.7 Å². The highest BCUT2D eigenvalue weighted by Gasteiger charge is 2.39. The molecule has 2 heterocycles. The number of nitrogens with one attached hydrogen (secondary N) is 1. The van der Waals surface area contributed by atoms with Gasteiger partial charge < -0.3 is 10.1 Å². The molecule has 2 aliphatic rings. The van der Waals surface area contributed by atoms with Gasteiger partial charge in [-0.2, -0.15) is 0 Å². The van der Waals surface area contributed by atoms with Crippen molar-refractivity contribution in [3.63, 3.8) is 0 Å². The molecule has 0 unspecified atom stereocenters. The van der Waals surface area contributed by atoms with Crippen LogP contribution in [0.5, 0.6) is 5.75 Å². The molecule has 0 saturated carbocycles. The van der Waals surface area contributed by atoms with Crippen LogP contribution in [0.4, 0.5) is 0 Å². The Morgan fingerprint density at radius 1 is 1.39 bits per heavy atom. The SMILES string of the molecule is COc1ccc(/C=C2\SC(=S)N([C@H](C)C(=O)N[C@H]3C=CS(=O)(=O)C3)C2=O)cc1. The molecule has 0 aromatic heterocycles. The second kappa shape index (κ2) is 8.06. The van der Waals surface area contributed by atoms with Crippen molar-refractivity contribution in [2.75, 3.05) is 12.9 Å². The Morgan fingerprint density at radius 3 is 2.64 bits per heavy atom. The quantitative estimate of drug-likeness (QED) is 0.553. The minimum atomic E-state index is -3.28. The second-order valence-corrected chi connectivity index (χ2v) is 9.88. The summed E-state index contributed by atoms with van der Waals surface area (Å²) in [7, 11) is -1.71. The van der Waals surface area contributed by atoms with Gasteiger partial charge in [0.25, 0.3) is 5.91 Å². The number of nitrogens with zero attached hydrogens (tertiary/aromatic N) is 1. The first-order chi connectivity index (χ1) is 13.2. The zero-order valence-corrected chi connectivity index (χ0v) is 17.6. The highest BCUT2D eigenvalue weighted by molar-refractivity contribution is 8.26. The zero-order chi connectivity index (χ0) is 20.5. The summed E-state index contributed by atoms with van der Waals surface area (Å²) in [5.41, 5.74) is 0.805. The van der Waals surface area contributed by atoms with E-state index in [1.165, 1.54) is 11.0 Å². The van der Waals surface area contributed by atoms with Crippen molar-refractivity contribution in [2.24, 2.45) is 0 Å². The molecule has 10 heteroatoms. The smallest absolute Gasteiger partial charge is 0.266 e. The van der Waals surface area contributed by atoms with Crippen molar-refractivity contribution >= 4 is 56.0 Å². The van der Waals surface area contributed by atoms with E-state index in [-0.39, 0.29) is 16.0 Å². The number of hydrogen-bond acceptors (Lipinski definition) is 7. The number of rotatable bonds is 5. The lowest BCUT2D eigenvalue weighted by Crippen LogP contribution is -2.49. The molecular weight excluding hydrogens is 420 g/mol. The van der Waals surface area contributed by atoms with Crippen LogP contribution in [-0.2, 0) is 19.4 Å². The Hall–Kier alpha value is -2.17. The van der Waals surface area contributed by atoms with Crippen LogP contribution < -0.4 is 10.1 Å². The first-order valence-electron chi connectivity index (χ1n) is 8.32. The van der Waals surface area contributed by atoms with Gasteiger partial charge >= 0.3 is 0 Å². The number of sulfone groups is 1. The van der Waals surface area contributed by atoms with Crippen LogP contribution in [0, 0.1) is 0 Å². The first-order valence-corrected chi connectivity index (χ1v) is 11.3. The molecule has 0 radical (unpaired) electrons. The second-order valence-electron chi connectivity index (χ2n) is 6.27. The predicted molar refractivity (Wildman–Crippen MR) is 112 cm³/mol. The number of carbonyl (C=O) groups is 2. The molecule has 148 valence electrons. The van der Waals surface area contributed by atoms with Gasteiger partial charge in [-0.3, -0.25) is 14.5 Å². The van der Waals surface area contributed by atoms with Crippen molar-refractivity contribution in [1.29, 1.82) is 0 Å². The molecule has 1 aromatic rings. The lowest BCUT2D eigenvalue weighted by Gasteiger charge is -2.23. The summed E-state index contributed by atoms with van der Waals surface area (Å²) in [6.45, 7) is 1.56. The molecule has 1 N–H and O–H groups in total. The van der Waals surface area contributed by atoms with E-state index >= 15 is 0 Å². The van der Waals surface area contributed by atoms with Gasteiger partial charge in [0.15, 0.2) is 9.84 Å². The minimum absolute atomic E-state index is 0.179. The van der Waals surface area contributed by atoms with Crippen molar-refractivity contribution in [3.8, 4) is 5.75 Å². The van der Waals surface area contributed by atoms with Crippen LogP contribution in [0.2, 0.25) is 0 Å². The zero-order valence-electron chi connectivity index (χ0n) is 15.1. The fourth-order valence-electron chi connectivity index (χ4n) is 2.75. The Balaban J connectivity index is 1.70. The van der Waals surface area contributed by atoms with Crippen LogP contribution in [0.1, 0.15) is 12.5 Å². The lowest BCUT2D eigenvalue weighted by molar-refractivity contribution is -0.132. The van der Waals surface area contributed by atoms with E-state index in [1.54, 1.807) is 32.2 Å². The third-order valence-corrected chi connectivity index (χ3v) is 6.99. The number of benzene rings is 1. The van der Waals surface area contributed by atoms with Gasteiger partial charge in [0.2, 0.25) is 5.91 Å². The topological polar surface area (TPSA) is 92.8 Å². The van der Waals surface area contributed by atoms with E-state index in [2.05, 4.69) is 5.32 Å². The largest absolute Gasteiger partial charge is 0.497 e. The molecule has 2 amide bonds. The molecule has 1 fully saturated rings. The van der Waals surface area contributed by atoms with Crippen LogP contribution in [-0.4, -0.2) is 54.4 Å². The van der Waals surface area contributed by atoms with E-state index in [4.69, 9.17) is 17.0 Å². The summed E-state index contributed by atoms with van der Waals surface area (Å²) in [5.74, 6) is -0.295. The van der Waals surface area contributed by atoms with E-state index in [9.17, 15) is 18.0 Å². The monoisotopic (exact) mass is 438 g/mol. The molecule has 0 bridgehead atoms. The van der Waals surface area contributed by atoms with Crippen molar-refractivity contribution in [3.05, 3.63) is 46.2 Å². The Kier molecular flexibility index (Phi) is 5.92. The first kappa shape index (κ1) is 20.6. The molecule has 0 spiro atoms. The molecule has 0 aliphatic carbocycles. The molecule has 3 rings (SSSR count). The fraction of sp³-hybridized carbons (Fsp3) is 0.278. The van der Waals surface area contributed by atoms with Crippen LogP contribution >= 0.6 is 24.0 Å². The number of carbonyl (C=O) groups excluding carboxylic acids is 2. The average molecular weight is 439 g/mol. The number of amides is 2. The molecule has 2 aliphatic heterocycles. The van der Waals surface area contributed by atoms with Crippen molar-refractivity contribution < 1.29 is 22.7 Å². The molecule has 2 atom stereocenters. The van der Waals surface area contributed by atoms with Gasteiger partial charge in [-0.05, 0) is 36.8 Å². The average Bonchev–Trinajstić information content (AvgIpc) is 3.13. The van der Waals surface area contributed by atoms with Crippen LogP contribution in [0.15, 0.2) is 40.7 Å². The summed E-state index contributed by atoms with van der Waals surface area (Å²) < 4.78 is 28.3. The molecule has 7 nitrogen and oxygen atoms in total. The normalized spacial score (nSPS) is 23.3.